The van der Waals surface area contributed by atoms with Gasteiger partial charge >= 0.3 is 12.0 Å². The molecule has 24 heavy (non-hydrogen) atoms. The molecule has 1 fully saturated rings. The Balaban J connectivity index is 1.94. The van der Waals surface area contributed by atoms with Crippen LogP contribution in [0.5, 0.6) is 0 Å². The summed E-state index contributed by atoms with van der Waals surface area (Å²) in [6, 6.07) is 6.14. The number of hydrogen-bond acceptors (Lipinski definition) is 3. The molecule has 0 radical (unpaired) electrons. The number of rotatable bonds is 5. The van der Waals surface area contributed by atoms with Crippen molar-refractivity contribution in [1.29, 1.82) is 0 Å². The number of benzene rings is 1. The Labute approximate surface area is 140 Å². The molecule has 1 atom stereocenters. The molecular formula is C17H21N3O4. The van der Waals surface area contributed by atoms with Crippen LogP contribution in [0, 0.1) is 5.41 Å². The zero-order chi connectivity index (χ0) is 17.7. The van der Waals surface area contributed by atoms with Gasteiger partial charge in [0.1, 0.15) is 0 Å². The van der Waals surface area contributed by atoms with Crippen LogP contribution in [0.1, 0.15) is 23.7 Å². The molecular weight excluding hydrogens is 310 g/mol. The first-order valence-electron chi connectivity index (χ1n) is 7.64. The van der Waals surface area contributed by atoms with Crippen molar-refractivity contribution in [3.63, 3.8) is 0 Å². The van der Waals surface area contributed by atoms with Gasteiger partial charge in [0.2, 0.25) is 0 Å². The second-order valence-corrected chi connectivity index (χ2v) is 6.04. The minimum atomic E-state index is -0.898. The molecule has 1 heterocycles. The number of nitrogens with zero attached hydrogens (tertiary/aromatic N) is 1. The lowest BCUT2D eigenvalue weighted by atomic mass is 9.90. The van der Waals surface area contributed by atoms with Crippen molar-refractivity contribution in [2.45, 2.75) is 13.3 Å². The number of hydrogen-bond donors (Lipinski definition) is 3. The van der Waals surface area contributed by atoms with E-state index >= 15 is 0 Å². The third-order valence-corrected chi connectivity index (χ3v) is 4.08. The molecule has 1 saturated heterocycles. The minimum absolute atomic E-state index is 0.177. The highest BCUT2D eigenvalue weighted by Gasteiger charge is 2.42. The number of amides is 3. The molecule has 7 nitrogen and oxygen atoms in total. The van der Waals surface area contributed by atoms with Crippen LogP contribution in [0.3, 0.4) is 0 Å². The lowest BCUT2D eigenvalue weighted by Crippen LogP contribution is -2.37. The molecule has 128 valence electrons. The summed E-state index contributed by atoms with van der Waals surface area (Å²) in [7, 11) is 0. The summed E-state index contributed by atoms with van der Waals surface area (Å²) < 4.78 is 0. The highest BCUT2D eigenvalue weighted by Crippen LogP contribution is 2.30. The van der Waals surface area contributed by atoms with Gasteiger partial charge in [-0.15, -0.1) is 6.58 Å². The second-order valence-electron chi connectivity index (χ2n) is 6.04. The Bertz CT molecular complexity index is 656. The average molecular weight is 331 g/mol. The number of carboxylic acids is 1. The monoisotopic (exact) mass is 331 g/mol. The van der Waals surface area contributed by atoms with E-state index in [4.69, 9.17) is 0 Å². The summed E-state index contributed by atoms with van der Waals surface area (Å²) >= 11 is 0. The van der Waals surface area contributed by atoms with E-state index in [-0.39, 0.29) is 18.5 Å². The van der Waals surface area contributed by atoms with Gasteiger partial charge in [0.05, 0.1) is 5.41 Å². The van der Waals surface area contributed by atoms with E-state index in [2.05, 4.69) is 17.2 Å². The van der Waals surface area contributed by atoms with Crippen LogP contribution in [0.25, 0.3) is 0 Å². The number of likely N-dealkylation sites (tertiary alicyclic amines) is 1. The van der Waals surface area contributed by atoms with Crippen LogP contribution in [-0.4, -0.2) is 47.5 Å². The van der Waals surface area contributed by atoms with Gasteiger partial charge in [-0.05, 0) is 37.6 Å². The normalized spacial score (nSPS) is 19.6. The van der Waals surface area contributed by atoms with E-state index in [0.717, 1.165) is 0 Å². The summed E-state index contributed by atoms with van der Waals surface area (Å²) in [5, 5.41) is 14.6. The molecule has 7 heteroatoms. The molecule has 0 spiro atoms. The molecule has 0 bridgehead atoms. The first-order valence-corrected chi connectivity index (χ1v) is 7.64. The fourth-order valence-corrected chi connectivity index (χ4v) is 2.48. The van der Waals surface area contributed by atoms with Crippen molar-refractivity contribution < 1.29 is 19.5 Å². The summed E-state index contributed by atoms with van der Waals surface area (Å²) in [4.78, 5) is 36.7. The first kappa shape index (κ1) is 17.5. The van der Waals surface area contributed by atoms with Crippen molar-refractivity contribution in [2.24, 2.45) is 5.41 Å². The van der Waals surface area contributed by atoms with Crippen LogP contribution in [-0.2, 0) is 4.79 Å². The smallest absolute Gasteiger partial charge is 0.321 e. The van der Waals surface area contributed by atoms with E-state index in [0.29, 0.717) is 30.8 Å². The maximum Gasteiger partial charge on any atom is 0.321 e. The van der Waals surface area contributed by atoms with Crippen molar-refractivity contribution in [3.8, 4) is 0 Å². The lowest BCUT2D eigenvalue weighted by molar-refractivity contribution is -0.146. The largest absolute Gasteiger partial charge is 0.481 e. The van der Waals surface area contributed by atoms with Crippen LogP contribution in [0.15, 0.2) is 36.9 Å². The van der Waals surface area contributed by atoms with Gasteiger partial charge in [0.25, 0.3) is 5.91 Å². The predicted octanol–water partition coefficient (Wildman–Crippen LogP) is 1.93. The summed E-state index contributed by atoms with van der Waals surface area (Å²) in [5.41, 5.74) is 0.128. The Kier molecular flexibility index (Phi) is 5.23. The van der Waals surface area contributed by atoms with E-state index in [1.807, 2.05) is 0 Å². The fraction of sp³-hybridized carbons (Fsp3) is 0.353. The second kappa shape index (κ2) is 7.16. The standard InChI is InChI=1S/C17H21N3O4/c1-3-9-18-14(21)12-4-6-13(7-5-12)19-16(24)20-10-8-17(2,11-20)15(22)23/h3-7H,1,8-11H2,2H3,(H,18,21)(H,19,24)(H,22,23)/t17-/m1/s1. The number of anilines is 1. The SMILES string of the molecule is C=CCNC(=O)c1ccc(NC(=O)N2CC[C@@](C)(C(=O)O)C2)cc1. The average Bonchev–Trinajstić information content (AvgIpc) is 2.97. The van der Waals surface area contributed by atoms with E-state index in [1.54, 1.807) is 37.3 Å². The van der Waals surface area contributed by atoms with E-state index < -0.39 is 11.4 Å². The highest BCUT2D eigenvalue weighted by atomic mass is 16.4. The molecule has 0 aliphatic carbocycles. The third kappa shape index (κ3) is 3.92. The Morgan fingerprint density at radius 1 is 1.33 bits per heavy atom. The highest BCUT2D eigenvalue weighted by molar-refractivity contribution is 5.95. The Morgan fingerprint density at radius 3 is 2.54 bits per heavy atom. The van der Waals surface area contributed by atoms with E-state index in [1.165, 1.54) is 4.90 Å². The molecule has 0 aromatic heterocycles. The van der Waals surface area contributed by atoms with Crippen molar-refractivity contribution in [2.75, 3.05) is 25.0 Å². The Hall–Kier alpha value is -2.83. The van der Waals surface area contributed by atoms with E-state index in [9.17, 15) is 19.5 Å². The van der Waals surface area contributed by atoms with Crippen LogP contribution < -0.4 is 10.6 Å². The number of carbonyl (C=O) groups is 3. The number of urea groups is 1. The van der Waals surface area contributed by atoms with Crippen LogP contribution in [0.4, 0.5) is 10.5 Å². The zero-order valence-electron chi connectivity index (χ0n) is 13.5. The summed E-state index contributed by atoms with van der Waals surface area (Å²) in [5.74, 6) is -1.11. The molecule has 3 amide bonds. The molecule has 1 aromatic rings. The molecule has 0 saturated carbocycles. The number of carboxylic acid groups (broad SMARTS) is 1. The zero-order valence-corrected chi connectivity index (χ0v) is 13.5. The van der Waals surface area contributed by atoms with Gasteiger partial charge in [0.15, 0.2) is 0 Å². The maximum absolute atomic E-state index is 12.2. The molecule has 1 aromatic carbocycles. The van der Waals surface area contributed by atoms with Gasteiger partial charge in [-0.1, -0.05) is 6.08 Å². The van der Waals surface area contributed by atoms with Crippen molar-refractivity contribution in [3.05, 3.63) is 42.5 Å². The van der Waals surface area contributed by atoms with Crippen molar-refractivity contribution in [1.82, 2.24) is 10.2 Å². The maximum atomic E-state index is 12.2. The van der Waals surface area contributed by atoms with Crippen molar-refractivity contribution >= 4 is 23.6 Å². The third-order valence-electron chi connectivity index (χ3n) is 4.08. The number of aliphatic carboxylic acids is 1. The molecule has 0 unspecified atom stereocenters. The van der Waals surface area contributed by atoms with Gasteiger partial charge in [-0.25, -0.2) is 4.79 Å². The minimum Gasteiger partial charge on any atom is -0.481 e. The quantitative estimate of drug-likeness (QED) is 0.718. The van der Waals surface area contributed by atoms with Gasteiger partial charge < -0.3 is 20.6 Å². The topological polar surface area (TPSA) is 98.7 Å². The van der Waals surface area contributed by atoms with Gasteiger partial charge in [-0.3, -0.25) is 9.59 Å². The summed E-state index contributed by atoms with van der Waals surface area (Å²) in [6.45, 7) is 6.13. The number of carbonyl (C=O) groups excluding carboxylic acids is 2. The number of nitrogens with one attached hydrogen (secondary N) is 2. The molecule has 3 N–H and O–H groups in total. The summed E-state index contributed by atoms with van der Waals surface area (Å²) in [6.07, 6.45) is 2.02. The predicted molar refractivity (Wildman–Crippen MR) is 89.9 cm³/mol. The molecule has 2 rings (SSSR count). The molecule has 1 aliphatic rings. The first-order chi connectivity index (χ1) is 11.4. The lowest BCUT2D eigenvalue weighted by Gasteiger charge is -2.20. The van der Waals surface area contributed by atoms with Crippen LogP contribution >= 0.6 is 0 Å². The Morgan fingerprint density at radius 2 is 2.00 bits per heavy atom. The fourth-order valence-electron chi connectivity index (χ4n) is 2.48. The van der Waals surface area contributed by atoms with Gasteiger partial charge in [-0.2, -0.15) is 0 Å². The van der Waals surface area contributed by atoms with Crippen LogP contribution in [0.2, 0.25) is 0 Å². The van der Waals surface area contributed by atoms with Gasteiger partial charge in [0, 0.05) is 30.9 Å². The molecule has 1 aliphatic heterocycles.